The van der Waals surface area contributed by atoms with E-state index in [1.165, 1.54) is 12.1 Å². The van der Waals surface area contributed by atoms with Crippen molar-refractivity contribution in [3.63, 3.8) is 0 Å². The van der Waals surface area contributed by atoms with E-state index >= 15 is 0 Å². The van der Waals surface area contributed by atoms with E-state index in [0.717, 1.165) is 0 Å². The Kier molecular flexibility index (Phi) is 12.3. The molecule has 2 atom stereocenters. The van der Waals surface area contributed by atoms with Crippen LogP contribution in [0, 0.1) is 89.9 Å². The quantitative estimate of drug-likeness (QED) is 0.435. The van der Waals surface area contributed by atoms with Crippen LogP contribution in [0.25, 0.3) is 0 Å². The summed E-state index contributed by atoms with van der Waals surface area (Å²) in [4.78, 5) is 0. The molecule has 2 aliphatic carbocycles. The summed E-state index contributed by atoms with van der Waals surface area (Å²) < 4.78 is 0. The molecule has 1 heterocycles. The molecule has 0 nitrogen and oxygen atoms in total. The second-order valence-corrected chi connectivity index (χ2v) is 11.2. The third kappa shape index (κ3) is 9.93. The van der Waals surface area contributed by atoms with E-state index in [9.17, 15) is 0 Å². The van der Waals surface area contributed by atoms with Crippen molar-refractivity contribution in [2.75, 3.05) is 0 Å². The Morgan fingerprint density at radius 1 is 0.650 bits per heavy atom. The fourth-order valence-electron chi connectivity index (χ4n) is 2.48. The van der Waals surface area contributed by atoms with Crippen molar-refractivity contribution in [1.29, 1.82) is 0 Å². The summed E-state index contributed by atoms with van der Waals surface area (Å²) in [5.74, 6) is 1.32. The van der Waals surface area contributed by atoms with Crippen LogP contribution in [0.15, 0.2) is 0 Å². The molecule has 3 aliphatic rings. The first-order valence-electron chi connectivity index (χ1n) is 7.01. The Balaban J connectivity index is 0.000000282. The zero-order valence-corrected chi connectivity index (χ0v) is 16.2. The van der Waals surface area contributed by atoms with Gasteiger partial charge in [-0.3, -0.25) is 0 Å². The van der Waals surface area contributed by atoms with Crippen LogP contribution in [-0.4, -0.2) is 8.07 Å². The van der Waals surface area contributed by atoms with Crippen LogP contribution in [0.3, 0.4) is 0 Å². The molecule has 0 aromatic heterocycles. The van der Waals surface area contributed by atoms with E-state index in [0.29, 0.717) is 11.8 Å². The second-order valence-electron chi connectivity index (χ2n) is 6.02. The molecular weight excluding hydrogens is 336 g/mol. The minimum absolute atomic E-state index is 0. The van der Waals surface area contributed by atoms with E-state index in [1.54, 1.807) is 0 Å². The SMILES string of the molecule is [CH2-][C@@H]1C[Si](C)(C)C[C@H]1[CH2-].[CH]1[CH][CH][CH][CH]1.[CH]1[CH][CH][CH][CH]1.[Zr+4]. The molecule has 1 saturated heterocycles. The zero-order chi connectivity index (χ0) is 14.1. The smallest absolute Gasteiger partial charge is 0.343 e. The Morgan fingerprint density at radius 2 is 0.850 bits per heavy atom. The normalized spacial score (nSPS) is 30.6. The largest absolute Gasteiger partial charge is 4.00 e. The minimum Gasteiger partial charge on any atom is -0.343 e. The van der Waals surface area contributed by atoms with E-state index in [2.05, 4.69) is 26.9 Å². The summed E-state index contributed by atoms with van der Waals surface area (Å²) in [5.41, 5.74) is 0. The van der Waals surface area contributed by atoms with Crippen LogP contribution in [0.1, 0.15) is 0 Å². The number of hydrogen-bond donors (Lipinski definition) is 0. The summed E-state index contributed by atoms with van der Waals surface area (Å²) in [6.07, 6.45) is 20.0. The molecule has 0 spiro atoms. The van der Waals surface area contributed by atoms with Crippen LogP contribution in [0.5, 0.6) is 0 Å². The minimum atomic E-state index is -0.791. The number of hydrogen-bond acceptors (Lipinski definition) is 0. The summed E-state index contributed by atoms with van der Waals surface area (Å²) in [7, 11) is -0.791. The summed E-state index contributed by atoms with van der Waals surface area (Å²) in [6, 6.07) is 2.78. The first kappa shape index (κ1) is 21.1. The molecule has 0 aromatic rings. The molecule has 20 heavy (non-hydrogen) atoms. The van der Waals surface area contributed by atoms with E-state index in [4.69, 9.17) is 0 Å². The van der Waals surface area contributed by atoms with Crippen LogP contribution in [0.2, 0.25) is 25.2 Å². The topological polar surface area (TPSA) is 0 Å². The third-order valence-electron chi connectivity index (χ3n) is 3.41. The van der Waals surface area contributed by atoms with Gasteiger partial charge in [0.25, 0.3) is 0 Å². The van der Waals surface area contributed by atoms with Gasteiger partial charge in [-0.15, -0.1) is 0 Å². The summed E-state index contributed by atoms with van der Waals surface area (Å²) in [6.45, 7) is 13.1. The van der Waals surface area contributed by atoms with Gasteiger partial charge in [-0.2, -0.15) is 11.8 Å². The standard InChI is InChI=1S/C8H16Si.2C5H5.Zr/c1-7-5-9(3,4)6-8(7)2;2*1-2-4-5-3-1;/h7-8H,1-2,5-6H2,3-4H3;2*1-5H;/q-2;;;+4/t7-,8-;;;/m1.../s1. The molecule has 0 bridgehead atoms. The summed E-state index contributed by atoms with van der Waals surface area (Å²) >= 11 is 0. The van der Waals surface area contributed by atoms with Crippen molar-refractivity contribution in [3.05, 3.63) is 78.1 Å². The van der Waals surface area contributed by atoms with Crippen molar-refractivity contribution >= 4 is 8.07 Å². The zero-order valence-electron chi connectivity index (χ0n) is 12.8. The predicted molar refractivity (Wildman–Crippen MR) is 87.8 cm³/mol. The molecule has 0 aromatic carbocycles. The average molecular weight is 362 g/mol. The van der Waals surface area contributed by atoms with Gasteiger partial charge in [0.15, 0.2) is 0 Å². The van der Waals surface area contributed by atoms with Crippen molar-refractivity contribution in [3.8, 4) is 0 Å². The molecule has 3 fully saturated rings. The molecule has 10 radical (unpaired) electrons. The molecule has 0 unspecified atom stereocenters. The Labute approximate surface area is 149 Å². The summed E-state index contributed by atoms with van der Waals surface area (Å²) in [5, 5.41) is 0. The Hall–Kier alpha value is 1.10. The van der Waals surface area contributed by atoms with Gasteiger partial charge in [-0.1, -0.05) is 25.2 Å². The van der Waals surface area contributed by atoms with Gasteiger partial charge in [0.1, 0.15) is 0 Å². The maximum Gasteiger partial charge on any atom is 4.00 e. The van der Waals surface area contributed by atoms with Gasteiger partial charge >= 0.3 is 26.2 Å². The number of rotatable bonds is 0. The molecule has 104 valence electrons. The third-order valence-corrected chi connectivity index (χ3v) is 6.67. The second kappa shape index (κ2) is 11.6. The van der Waals surface area contributed by atoms with Crippen LogP contribution in [-0.2, 0) is 26.2 Å². The molecule has 3 rings (SSSR count). The maximum atomic E-state index is 4.09. The predicted octanol–water partition coefficient (Wildman–Crippen LogP) is 4.65. The molecular formula is C18H26SiZr+2. The van der Waals surface area contributed by atoms with Crippen molar-refractivity contribution in [1.82, 2.24) is 0 Å². The fraction of sp³-hybridized carbons (Fsp3) is 0.333. The van der Waals surface area contributed by atoms with Gasteiger partial charge in [-0.05, 0) is 64.2 Å². The van der Waals surface area contributed by atoms with E-state index in [-0.39, 0.29) is 26.2 Å². The van der Waals surface area contributed by atoms with Gasteiger partial charge in [0, 0.05) is 8.07 Å². The monoisotopic (exact) mass is 360 g/mol. The maximum absolute atomic E-state index is 4.09. The van der Waals surface area contributed by atoms with Gasteiger partial charge in [-0.25, -0.2) is 0 Å². The van der Waals surface area contributed by atoms with Crippen LogP contribution in [0.4, 0.5) is 0 Å². The van der Waals surface area contributed by atoms with Crippen LogP contribution < -0.4 is 0 Å². The van der Waals surface area contributed by atoms with E-state index in [1.807, 2.05) is 64.2 Å². The fourth-order valence-corrected chi connectivity index (χ4v) is 6.15. The van der Waals surface area contributed by atoms with E-state index < -0.39 is 8.07 Å². The van der Waals surface area contributed by atoms with Crippen molar-refractivity contribution < 1.29 is 26.2 Å². The molecule has 0 N–H and O–H groups in total. The van der Waals surface area contributed by atoms with Gasteiger partial charge < -0.3 is 13.8 Å². The van der Waals surface area contributed by atoms with Gasteiger partial charge in [0.2, 0.25) is 0 Å². The first-order chi connectivity index (χ1) is 9.01. The van der Waals surface area contributed by atoms with Gasteiger partial charge in [0.05, 0.1) is 0 Å². The molecule has 0 amide bonds. The molecule has 2 heteroatoms. The average Bonchev–Trinajstić information content (AvgIpc) is 3.08. The molecule has 1 aliphatic heterocycles. The Bertz CT molecular complexity index is 182. The van der Waals surface area contributed by atoms with Crippen LogP contribution >= 0.6 is 0 Å². The van der Waals surface area contributed by atoms with Crippen molar-refractivity contribution in [2.24, 2.45) is 11.8 Å². The van der Waals surface area contributed by atoms with Crippen molar-refractivity contribution in [2.45, 2.75) is 25.2 Å². The molecule has 2 saturated carbocycles. The first-order valence-corrected chi connectivity index (χ1v) is 10.4. The Morgan fingerprint density at radius 3 is 0.950 bits per heavy atom.